The predicted molar refractivity (Wildman–Crippen MR) is 113 cm³/mol. The van der Waals surface area contributed by atoms with E-state index in [0.717, 1.165) is 15.8 Å². The van der Waals surface area contributed by atoms with Crippen molar-refractivity contribution in [2.24, 2.45) is 0 Å². The fourth-order valence-electron chi connectivity index (χ4n) is 2.61. The first kappa shape index (κ1) is 20.3. The summed E-state index contributed by atoms with van der Waals surface area (Å²) in [5, 5.41) is 8.69. The van der Waals surface area contributed by atoms with Crippen LogP contribution in [0.15, 0.2) is 51.0 Å². The van der Waals surface area contributed by atoms with Gasteiger partial charge in [0.1, 0.15) is 4.34 Å². The number of rotatable bonds is 8. The lowest BCUT2D eigenvalue weighted by molar-refractivity contribution is -0.120. The second kappa shape index (κ2) is 9.66. The zero-order chi connectivity index (χ0) is 19.9. The van der Waals surface area contributed by atoms with E-state index in [1.54, 1.807) is 35.4 Å². The molecule has 0 aliphatic heterocycles. The summed E-state index contributed by atoms with van der Waals surface area (Å²) in [6.07, 6.45) is 1.79. The van der Waals surface area contributed by atoms with Crippen molar-refractivity contribution in [1.29, 1.82) is 0 Å². The summed E-state index contributed by atoms with van der Waals surface area (Å²) >= 11 is 3.25. The van der Waals surface area contributed by atoms with Crippen molar-refractivity contribution in [3.05, 3.63) is 74.6 Å². The van der Waals surface area contributed by atoms with Gasteiger partial charge in [-0.2, -0.15) is 5.10 Å². The maximum Gasteiger partial charge on any atom is 0.266 e. The van der Waals surface area contributed by atoms with E-state index in [1.807, 2.05) is 5.38 Å². The van der Waals surface area contributed by atoms with Crippen LogP contribution in [-0.4, -0.2) is 27.2 Å². The smallest absolute Gasteiger partial charge is 0.266 e. The highest BCUT2D eigenvalue weighted by Crippen LogP contribution is 2.27. The molecule has 8 heteroatoms. The molecule has 0 atom stereocenters. The number of amides is 1. The van der Waals surface area contributed by atoms with E-state index >= 15 is 0 Å². The molecule has 2 aromatic heterocycles. The topological polar surface area (TPSA) is 76.9 Å². The molecule has 0 bridgehead atoms. The minimum atomic E-state index is -0.179. The lowest BCUT2D eigenvalue weighted by Gasteiger charge is -2.06. The van der Waals surface area contributed by atoms with Crippen molar-refractivity contribution < 1.29 is 4.79 Å². The van der Waals surface area contributed by atoms with Crippen LogP contribution < -0.4 is 10.9 Å². The summed E-state index contributed by atoms with van der Waals surface area (Å²) in [7, 11) is 0. The van der Waals surface area contributed by atoms with Gasteiger partial charge in [-0.1, -0.05) is 35.5 Å². The third-order valence-corrected chi connectivity index (χ3v) is 6.28. The quantitative estimate of drug-likeness (QED) is 0.574. The maximum atomic E-state index is 12.1. The Morgan fingerprint density at radius 3 is 2.96 bits per heavy atom. The number of benzene rings is 1. The van der Waals surface area contributed by atoms with E-state index in [9.17, 15) is 9.59 Å². The average molecular weight is 415 g/mol. The summed E-state index contributed by atoms with van der Waals surface area (Å²) in [5.41, 5.74) is 4.43. The van der Waals surface area contributed by atoms with Crippen LogP contribution in [0.2, 0.25) is 0 Å². The SMILES string of the molecule is Cc1ccc(C)c(CSc2nc(CC(=O)NCCn3ncccc3=O)cs2)c1. The summed E-state index contributed by atoms with van der Waals surface area (Å²) in [6, 6.07) is 9.50. The number of aromatic nitrogens is 3. The molecule has 0 aliphatic carbocycles. The van der Waals surface area contributed by atoms with Crippen LogP contribution in [0, 0.1) is 13.8 Å². The third-order valence-electron chi connectivity index (χ3n) is 4.16. The normalized spacial score (nSPS) is 10.8. The first-order valence-electron chi connectivity index (χ1n) is 8.93. The van der Waals surface area contributed by atoms with Gasteiger partial charge in [0.05, 0.1) is 18.7 Å². The van der Waals surface area contributed by atoms with Crippen LogP contribution in [0.25, 0.3) is 0 Å². The lowest BCUT2D eigenvalue weighted by atomic mass is 10.1. The van der Waals surface area contributed by atoms with Gasteiger partial charge in [0, 0.05) is 29.9 Å². The molecule has 0 aliphatic rings. The van der Waals surface area contributed by atoms with Gasteiger partial charge in [-0.15, -0.1) is 11.3 Å². The van der Waals surface area contributed by atoms with Gasteiger partial charge in [0.25, 0.3) is 5.56 Å². The Morgan fingerprint density at radius 1 is 1.29 bits per heavy atom. The highest BCUT2D eigenvalue weighted by molar-refractivity contribution is 8.00. The van der Waals surface area contributed by atoms with E-state index in [0.29, 0.717) is 13.1 Å². The molecule has 0 radical (unpaired) electrons. The molecule has 1 N–H and O–H groups in total. The highest BCUT2D eigenvalue weighted by Gasteiger charge is 2.09. The molecule has 146 valence electrons. The number of hydrogen-bond donors (Lipinski definition) is 1. The fourth-order valence-corrected chi connectivity index (χ4v) is 4.52. The van der Waals surface area contributed by atoms with E-state index in [2.05, 4.69) is 47.4 Å². The molecule has 28 heavy (non-hydrogen) atoms. The third kappa shape index (κ3) is 5.77. The monoisotopic (exact) mass is 414 g/mol. The molecule has 3 rings (SSSR count). The van der Waals surface area contributed by atoms with Gasteiger partial charge in [-0.05, 0) is 31.0 Å². The van der Waals surface area contributed by atoms with Gasteiger partial charge in [0.15, 0.2) is 0 Å². The molecule has 6 nitrogen and oxygen atoms in total. The first-order chi connectivity index (χ1) is 13.5. The molecule has 2 heterocycles. The summed E-state index contributed by atoms with van der Waals surface area (Å²) in [5.74, 6) is 0.756. The van der Waals surface area contributed by atoms with Crippen molar-refractivity contribution in [3.8, 4) is 0 Å². The molecule has 1 aromatic carbocycles. The standard InChI is InChI=1S/C20H22N4O2S2/c1-14-5-6-15(2)16(10-14)12-27-20-23-17(13-28-20)11-18(25)21-8-9-24-19(26)4-3-7-22-24/h3-7,10,13H,8-9,11-12H2,1-2H3,(H,21,25). The van der Waals surface area contributed by atoms with Gasteiger partial charge in [-0.25, -0.2) is 9.67 Å². The molecule has 1 amide bonds. The second-order valence-electron chi connectivity index (χ2n) is 6.44. The minimum Gasteiger partial charge on any atom is -0.354 e. The molecule has 0 fully saturated rings. The number of thiazole rings is 1. The molecule has 0 spiro atoms. The summed E-state index contributed by atoms with van der Waals surface area (Å²) in [4.78, 5) is 28.2. The largest absolute Gasteiger partial charge is 0.354 e. The van der Waals surface area contributed by atoms with Crippen LogP contribution in [0.3, 0.4) is 0 Å². The Hall–Kier alpha value is -2.45. The number of carbonyl (C=O) groups excluding carboxylic acids is 1. The lowest BCUT2D eigenvalue weighted by Crippen LogP contribution is -2.32. The average Bonchev–Trinajstić information content (AvgIpc) is 3.11. The summed E-state index contributed by atoms with van der Waals surface area (Å²) in [6.45, 7) is 4.91. The zero-order valence-corrected chi connectivity index (χ0v) is 17.5. The van der Waals surface area contributed by atoms with Crippen molar-refractivity contribution in [1.82, 2.24) is 20.1 Å². The first-order valence-corrected chi connectivity index (χ1v) is 10.8. The Kier molecular flexibility index (Phi) is 7.00. The molecular formula is C20H22N4O2S2. The Labute approximate surface area is 172 Å². The van der Waals surface area contributed by atoms with Crippen molar-refractivity contribution in [3.63, 3.8) is 0 Å². The summed E-state index contributed by atoms with van der Waals surface area (Å²) < 4.78 is 2.29. The van der Waals surface area contributed by atoms with E-state index in [4.69, 9.17) is 0 Å². The van der Waals surface area contributed by atoms with E-state index in [-0.39, 0.29) is 17.9 Å². The maximum absolute atomic E-state index is 12.1. The van der Waals surface area contributed by atoms with Crippen molar-refractivity contribution >= 4 is 29.0 Å². The number of thioether (sulfide) groups is 1. The van der Waals surface area contributed by atoms with Crippen LogP contribution in [0.4, 0.5) is 0 Å². The van der Waals surface area contributed by atoms with E-state index in [1.165, 1.54) is 27.4 Å². The zero-order valence-electron chi connectivity index (χ0n) is 15.8. The van der Waals surface area contributed by atoms with Crippen LogP contribution in [0.1, 0.15) is 22.4 Å². The minimum absolute atomic E-state index is 0.111. The molecular weight excluding hydrogens is 392 g/mol. The number of hydrogen-bond acceptors (Lipinski definition) is 6. The van der Waals surface area contributed by atoms with Crippen LogP contribution >= 0.6 is 23.1 Å². The Balaban J connectivity index is 1.46. The van der Waals surface area contributed by atoms with Gasteiger partial charge < -0.3 is 5.32 Å². The molecule has 3 aromatic rings. The van der Waals surface area contributed by atoms with Crippen LogP contribution in [-0.2, 0) is 23.5 Å². The van der Waals surface area contributed by atoms with Crippen LogP contribution in [0.5, 0.6) is 0 Å². The van der Waals surface area contributed by atoms with Gasteiger partial charge in [-0.3, -0.25) is 9.59 Å². The number of carbonyl (C=O) groups is 1. The number of nitrogens with zero attached hydrogens (tertiary/aromatic N) is 3. The highest BCUT2D eigenvalue weighted by atomic mass is 32.2. The second-order valence-corrected chi connectivity index (χ2v) is 8.52. The fraction of sp³-hybridized carbons (Fsp3) is 0.300. The van der Waals surface area contributed by atoms with Crippen molar-refractivity contribution in [2.45, 2.75) is 36.9 Å². The van der Waals surface area contributed by atoms with Gasteiger partial charge in [0.2, 0.25) is 5.91 Å². The Bertz CT molecular complexity index is 1010. The Morgan fingerprint density at radius 2 is 2.14 bits per heavy atom. The predicted octanol–water partition coefficient (Wildman–Crippen LogP) is 2.97. The molecule has 0 unspecified atom stereocenters. The molecule has 0 saturated heterocycles. The number of aryl methyl sites for hydroxylation is 2. The number of nitrogens with one attached hydrogen (secondary N) is 1. The molecule has 0 saturated carbocycles. The van der Waals surface area contributed by atoms with E-state index < -0.39 is 0 Å². The van der Waals surface area contributed by atoms with Crippen molar-refractivity contribution in [2.75, 3.05) is 6.54 Å². The van der Waals surface area contributed by atoms with Gasteiger partial charge >= 0.3 is 0 Å².